The van der Waals surface area contributed by atoms with E-state index in [9.17, 15) is 19.3 Å². The molecule has 6 rings (SSSR count). The molecule has 6 heterocycles. The second-order valence-corrected chi connectivity index (χ2v) is 14.5. The predicted octanol–water partition coefficient (Wildman–Crippen LogP) is 2.14. The summed E-state index contributed by atoms with van der Waals surface area (Å²) in [6, 6.07) is 0. The van der Waals surface area contributed by atoms with Crippen molar-refractivity contribution in [2.24, 2.45) is 0 Å². The number of nitrogens with one attached hydrogen (secondary N) is 2. The zero-order valence-corrected chi connectivity index (χ0v) is 28.5. The molecule has 0 amide bonds. The highest BCUT2D eigenvalue weighted by molar-refractivity contribution is 8.39. The number of aromatic nitrogens is 8. The van der Waals surface area contributed by atoms with Crippen molar-refractivity contribution in [3.8, 4) is 0 Å². The van der Waals surface area contributed by atoms with Crippen molar-refractivity contribution in [3.63, 3.8) is 0 Å². The maximum atomic E-state index is 15.2. The first-order chi connectivity index (χ1) is 23.2. The quantitative estimate of drug-likeness (QED) is 0.0582. The molecule has 4 aromatic rings. The summed E-state index contributed by atoms with van der Waals surface area (Å²) in [6.07, 6.45) is -3.92. The minimum absolute atomic E-state index is 0.291. The zero-order chi connectivity index (χ0) is 33.9. The number of unbranched alkanes of at least 4 members (excludes halogenated alkanes) is 1. The van der Waals surface area contributed by atoms with Gasteiger partial charge in [-0.3, -0.25) is 18.3 Å². The molecule has 0 radical (unpaired) electrons. The van der Waals surface area contributed by atoms with Crippen LogP contribution in [0.4, 0.5) is 20.4 Å². The lowest BCUT2D eigenvalue weighted by atomic mass is 10.1. The third-order valence-corrected chi connectivity index (χ3v) is 9.40. The van der Waals surface area contributed by atoms with Gasteiger partial charge >= 0.3 is 0 Å². The fourth-order valence-corrected chi connectivity index (χ4v) is 7.40. The molecule has 0 aromatic carbocycles. The van der Waals surface area contributed by atoms with E-state index in [1.54, 1.807) is 0 Å². The van der Waals surface area contributed by atoms with Crippen molar-refractivity contribution in [2.75, 3.05) is 36.9 Å². The Morgan fingerprint density at radius 2 is 1.17 bits per heavy atom. The molecule has 0 saturated carbocycles. The molecule has 2 saturated heterocycles. The Balaban J connectivity index is 1.04. The SMILES string of the molecule is O=[PH](S)O[C@H]1[C@@H](F)[C@H](n2cnc3c(NCCCCNc4ncnc5c4ncn5C4OC(CO)[C@@H](O[PH](=O)S)[C@H]4F)ncnc32)O[C@@H]1CO. The third kappa shape index (κ3) is 7.19. The van der Waals surface area contributed by atoms with Crippen molar-refractivity contribution in [2.45, 2.75) is 62.1 Å². The lowest BCUT2D eigenvalue weighted by molar-refractivity contribution is -0.0427. The average molecular weight is 753 g/mol. The zero-order valence-electron chi connectivity index (χ0n) is 24.7. The van der Waals surface area contributed by atoms with Gasteiger partial charge in [0.15, 0.2) is 58.8 Å². The number of ether oxygens (including phenoxy) is 2. The number of aliphatic hydroxyl groups is 2. The third-order valence-electron chi connectivity index (χ3n) is 7.82. The summed E-state index contributed by atoms with van der Waals surface area (Å²) in [5, 5.41) is 25.6. The summed E-state index contributed by atoms with van der Waals surface area (Å²) in [4.78, 5) is 25.6. The van der Waals surface area contributed by atoms with Crippen LogP contribution in [0.3, 0.4) is 0 Å². The van der Waals surface area contributed by atoms with Gasteiger partial charge in [0.25, 0.3) is 0 Å². The molecule has 4 unspecified atom stereocenters. The predicted molar refractivity (Wildman–Crippen MR) is 174 cm³/mol. The van der Waals surface area contributed by atoms with Crippen molar-refractivity contribution >= 4 is 72.9 Å². The number of aliphatic hydroxyl groups excluding tert-OH is 2. The first-order valence-electron chi connectivity index (χ1n) is 14.6. The molecule has 2 fully saturated rings. The van der Waals surface area contributed by atoms with E-state index in [4.69, 9.17) is 18.5 Å². The van der Waals surface area contributed by atoms with E-state index in [0.717, 1.165) is 0 Å². The van der Waals surface area contributed by atoms with Gasteiger partial charge in [-0.05, 0) is 12.8 Å². The Morgan fingerprint density at radius 1 is 0.750 bits per heavy atom. The molecular formula is C24H32F2N10O8P2S2. The molecule has 48 heavy (non-hydrogen) atoms. The Morgan fingerprint density at radius 3 is 1.54 bits per heavy atom. The van der Waals surface area contributed by atoms with E-state index in [-0.39, 0.29) is 0 Å². The van der Waals surface area contributed by atoms with Crippen LogP contribution in [0.5, 0.6) is 0 Å². The van der Waals surface area contributed by atoms with E-state index in [2.05, 4.69) is 65.0 Å². The largest absolute Gasteiger partial charge is 0.394 e. The monoisotopic (exact) mass is 752 g/mol. The summed E-state index contributed by atoms with van der Waals surface area (Å²) < 4.78 is 77.7. The molecule has 10 atom stereocenters. The Kier molecular flexibility index (Phi) is 11.5. The molecular weight excluding hydrogens is 720 g/mol. The molecule has 18 nitrogen and oxygen atoms in total. The van der Waals surface area contributed by atoms with E-state index in [0.29, 0.717) is 59.9 Å². The van der Waals surface area contributed by atoms with Crippen LogP contribution in [-0.2, 0) is 27.7 Å². The smallest absolute Gasteiger partial charge is 0.243 e. The molecule has 2 aliphatic heterocycles. The number of imidazole rings is 2. The van der Waals surface area contributed by atoms with Crippen LogP contribution in [0.15, 0.2) is 25.3 Å². The summed E-state index contributed by atoms with van der Waals surface area (Å²) in [5.74, 6) is 0.849. The fourth-order valence-electron chi connectivity index (χ4n) is 5.64. The molecule has 24 heteroatoms. The summed E-state index contributed by atoms with van der Waals surface area (Å²) >= 11 is 7.43. The summed E-state index contributed by atoms with van der Waals surface area (Å²) in [5.41, 5.74) is 1.34. The minimum atomic E-state index is -2.79. The number of hydrogen-bond donors (Lipinski definition) is 6. The van der Waals surface area contributed by atoms with Crippen LogP contribution < -0.4 is 10.6 Å². The van der Waals surface area contributed by atoms with Gasteiger partial charge in [-0.25, -0.2) is 38.7 Å². The van der Waals surface area contributed by atoms with Gasteiger partial charge in [0.2, 0.25) is 14.5 Å². The first kappa shape index (κ1) is 35.3. The molecule has 2 aliphatic rings. The van der Waals surface area contributed by atoms with Crippen molar-refractivity contribution in [1.82, 2.24) is 39.0 Å². The standard InChI is InChI=1S/C24H32F2N10O8P2S2/c25-13-17(43-45(39)47)11(5-37)41-23(13)35-9-33-15-19(29-7-31-21(15)35)27-3-1-2-4-28-20-16-22(32-8-30-20)36(10-34-16)24-14(26)18(44-46(40)48)12(6-38)42-24/h7-14,17-18,23-24,37-38,45-46H,1-6H2,(H,39,47)(H,40,48)(H,27,29,31)(H,28,30,32)/t11-,12?,13-,14-,17-,18-,23-,24?/m1/s1. The normalized spacial score (nSPS) is 28.7. The number of fused-ring (bicyclic) bond motifs is 2. The Labute approximate surface area is 282 Å². The van der Waals surface area contributed by atoms with Gasteiger partial charge in [-0.1, -0.05) is 24.5 Å². The van der Waals surface area contributed by atoms with Gasteiger partial charge in [-0.15, -0.1) is 0 Å². The topological polar surface area (TPSA) is 223 Å². The van der Waals surface area contributed by atoms with Crippen LogP contribution in [0.1, 0.15) is 25.3 Å². The molecule has 4 N–H and O–H groups in total. The fraction of sp³-hybridized carbons (Fsp3) is 0.583. The number of anilines is 2. The van der Waals surface area contributed by atoms with Gasteiger partial charge in [0.1, 0.15) is 37.1 Å². The lowest BCUT2D eigenvalue weighted by Crippen LogP contribution is -2.31. The first-order valence-corrected chi connectivity index (χ1v) is 19.9. The van der Waals surface area contributed by atoms with E-state index in [1.165, 1.54) is 34.4 Å². The number of alkyl halides is 2. The minimum Gasteiger partial charge on any atom is -0.394 e. The van der Waals surface area contributed by atoms with Gasteiger partial charge in [0.05, 0.1) is 25.9 Å². The Hall–Kier alpha value is -2.52. The number of hydrogen-bond acceptors (Lipinski definition) is 16. The number of nitrogens with zero attached hydrogens (tertiary/aromatic N) is 8. The number of rotatable bonds is 15. The van der Waals surface area contributed by atoms with Crippen LogP contribution in [-0.4, -0.2) is 112 Å². The van der Waals surface area contributed by atoms with Gasteiger partial charge in [-0.2, -0.15) is 0 Å². The number of thiol groups is 2. The van der Waals surface area contributed by atoms with Crippen molar-refractivity contribution in [3.05, 3.63) is 25.3 Å². The molecule has 262 valence electrons. The molecule has 0 spiro atoms. The highest BCUT2D eigenvalue weighted by Crippen LogP contribution is 2.42. The van der Waals surface area contributed by atoms with Crippen molar-refractivity contribution < 1.29 is 46.6 Å². The molecule has 4 aromatic heterocycles. The molecule has 0 aliphatic carbocycles. The lowest BCUT2D eigenvalue weighted by Gasteiger charge is -2.16. The van der Waals surface area contributed by atoms with E-state index >= 15 is 8.78 Å². The van der Waals surface area contributed by atoms with Crippen molar-refractivity contribution in [1.29, 1.82) is 0 Å². The molecule has 0 bridgehead atoms. The van der Waals surface area contributed by atoms with E-state index < -0.39 is 76.9 Å². The highest BCUT2D eigenvalue weighted by atomic mass is 32.7. The summed E-state index contributed by atoms with van der Waals surface area (Å²) in [6.45, 7) is -0.0789. The Bertz CT molecular complexity index is 1650. The van der Waals surface area contributed by atoms with Gasteiger partial charge in [0, 0.05) is 13.1 Å². The highest BCUT2D eigenvalue weighted by Gasteiger charge is 2.49. The van der Waals surface area contributed by atoms with E-state index in [1.807, 2.05) is 0 Å². The summed E-state index contributed by atoms with van der Waals surface area (Å²) in [7, 11) is -5.57. The van der Waals surface area contributed by atoms with Gasteiger partial charge < -0.3 is 39.4 Å². The maximum absolute atomic E-state index is 15.2. The second kappa shape index (κ2) is 15.6. The maximum Gasteiger partial charge on any atom is 0.243 e. The number of halogens is 2. The average Bonchev–Trinajstić information content (AvgIpc) is 3.83. The van der Waals surface area contributed by atoms with Crippen LogP contribution in [0.25, 0.3) is 22.3 Å². The second-order valence-electron chi connectivity index (χ2n) is 10.7. The van der Waals surface area contributed by atoms with Crippen LogP contribution >= 0.6 is 39.0 Å². The van der Waals surface area contributed by atoms with Crippen LogP contribution in [0, 0.1) is 0 Å². The van der Waals surface area contributed by atoms with Crippen LogP contribution in [0.2, 0.25) is 0 Å².